The van der Waals surface area contributed by atoms with Crippen LogP contribution in [0.2, 0.25) is 0 Å². The number of Topliss-reactive ketones (excluding diaryl/α,β-unsaturated/α-hetero) is 1. The first kappa shape index (κ1) is 25.2. The van der Waals surface area contributed by atoms with Crippen LogP contribution in [0.5, 0.6) is 0 Å². The highest BCUT2D eigenvalue weighted by atomic mass is 16.1. The lowest BCUT2D eigenvalue weighted by Gasteiger charge is -2.44. The van der Waals surface area contributed by atoms with E-state index in [0.717, 1.165) is 11.1 Å². The highest BCUT2D eigenvalue weighted by Gasteiger charge is 2.57. The van der Waals surface area contributed by atoms with E-state index in [1.807, 2.05) is 0 Å². The van der Waals surface area contributed by atoms with E-state index in [4.69, 9.17) is 0 Å². The Bertz CT molecular complexity index is 1080. The Morgan fingerprint density at radius 1 is 0.500 bits per heavy atom. The Labute approximate surface area is 208 Å². The zero-order chi connectivity index (χ0) is 25.7. The minimum Gasteiger partial charge on any atom is -0.299 e. The lowest BCUT2D eigenvalue weighted by molar-refractivity contribution is -0.117. The quantitative estimate of drug-likeness (QED) is 0.451. The van der Waals surface area contributed by atoms with Crippen molar-refractivity contribution >= 4 is 5.78 Å². The second kappa shape index (κ2) is 7.08. The fourth-order valence-electron chi connectivity index (χ4n) is 6.95. The molecule has 4 rings (SSSR count). The number of fused-ring (bicyclic) bond motifs is 2. The van der Waals surface area contributed by atoms with E-state index < -0.39 is 0 Å². The predicted molar refractivity (Wildman–Crippen MR) is 145 cm³/mol. The number of benzene rings is 2. The summed E-state index contributed by atoms with van der Waals surface area (Å²) in [4.78, 5) is 13.2. The standard InChI is InChI=1S/C33H46O/c1-28(2)24-15-13-21(19-26(24)30(5,6)32(28,9)10)17-23(34)18-22-14-16-25-27(20-22)31(7,8)33(11,12)29(25,3)4/h13-16,19-20H,17-18H2,1-12H3. The molecule has 0 amide bonds. The van der Waals surface area contributed by atoms with Crippen molar-refractivity contribution in [3.05, 3.63) is 69.8 Å². The van der Waals surface area contributed by atoms with Gasteiger partial charge in [0.1, 0.15) is 5.78 Å². The van der Waals surface area contributed by atoms with Gasteiger partial charge in [0.25, 0.3) is 0 Å². The summed E-state index contributed by atoms with van der Waals surface area (Å²) in [6, 6.07) is 13.6. The van der Waals surface area contributed by atoms with Gasteiger partial charge < -0.3 is 0 Å². The van der Waals surface area contributed by atoms with Crippen molar-refractivity contribution in [2.45, 2.75) is 118 Å². The molecule has 0 fully saturated rings. The summed E-state index contributed by atoms with van der Waals surface area (Å²) in [6.07, 6.45) is 1.00. The van der Waals surface area contributed by atoms with E-state index >= 15 is 0 Å². The zero-order valence-electron chi connectivity index (χ0n) is 23.8. The largest absolute Gasteiger partial charge is 0.299 e. The molecular formula is C33H46O. The second-order valence-electron chi connectivity index (χ2n) is 14.4. The summed E-state index contributed by atoms with van der Waals surface area (Å²) in [5.41, 5.74) is 8.62. The van der Waals surface area contributed by atoms with Crippen molar-refractivity contribution in [2.24, 2.45) is 10.8 Å². The third kappa shape index (κ3) is 3.01. The van der Waals surface area contributed by atoms with Crippen molar-refractivity contribution in [1.29, 1.82) is 0 Å². The highest BCUT2D eigenvalue weighted by Crippen LogP contribution is 2.62. The maximum absolute atomic E-state index is 13.2. The maximum atomic E-state index is 13.2. The number of ketones is 1. The zero-order valence-corrected chi connectivity index (χ0v) is 23.8. The molecule has 1 heteroatoms. The molecule has 0 atom stereocenters. The molecule has 0 aliphatic heterocycles. The molecule has 0 bridgehead atoms. The van der Waals surface area contributed by atoms with Crippen LogP contribution in [0.3, 0.4) is 0 Å². The molecule has 0 saturated heterocycles. The molecule has 2 aliphatic carbocycles. The van der Waals surface area contributed by atoms with Crippen molar-refractivity contribution in [1.82, 2.24) is 0 Å². The maximum Gasteiger partial charge on any atom is 0.141 e. The van der Waals surface area contributed by atoms with Gasteiger partial charge in [-0.05, 0) is 65.9 Å². The fraction of sp³-hybridized carbons (Fsp3) is 0.606. The average Bonchev–Trinajstić information content (AvgIpc) is 2.88. The van der Waals surface area contributed by atoms with E-state index in [0.29, 0.717) is 18.6 Å². The number of hydrogen-bond acceptors (Lipinski definition) is 1. The Hall–Kier alpha value is -1.89. The van der Waals surface area contributed by atoms with Crippen molar-refractivity contribution < 1.29 is 4.79 Å². The molecule has 184 valence electrons. The van der Waals surface area contributed by atoms with Gasteiger partial charge in [-0.1, -0.05) is 119 Å². The molecule has 0 aromatic heterocycles. The van der Waals surface area contributed by atoms with Crippen LogP contribution in [0, 0.1) is 10.8 Å². The normalized spacial score (nSPS) is 23.9. The summed E-state index contributed by atoms with van der Waals surface area (Å²) < 4.78 is 0. The molecule has 0 radical (unpaired) electrons. The van der Waals surface area contributed by atoms with Gasteiger partial charge >= 0.3 is 0 Å². The number of carbonyl (C=O) groups is 1. The third-order valence-electron chi connectivity index (χ3n) is 11.9. The number of rotatable bonds is 4. The van der Waals surface area contributed by atoms with Gasteiger partial charge in [0.2, 0.25) is 0 Å². The van der Waals surface area contributed by atoms with Crippen molar-refractivity contribution in [3.63, 3.8) is 0 Å². The highest BCUT2D eigenvalue weighted by molar-refractivity contribution is 5.83. The summed E-state index contributed by atoms with van der Waals surface area (Å²) in [5, 5.41) is 0. The van der Waals surface area contributed by atoms with Crippen LogP contribution in [0.15, 0.2) is 36.4 Å². The molecule has 0 unspecified atom stereocenters. The molecule has 2 aromatic rings. The molecule has 2 aromatic carbocycles. The average molecular weight is 459 g/mol. The molecule has 0 N–H and O–H groups in total. The van der Waals surface area contributed by atoms with Gasteiger partial charge in [-0.2, -0.15) is 0 Å². The van der Waals surface area contributed by atoms with Crippen LogP contribution in [-0.4, -0.2) is 5.78 Å². The minimum atomic E-state index is 0.0655. The number of hydrogen-bond donors (Lipinski definition) is 0. The van der Waals surface area contributed by atoms with Gasteiger partial charge in [-0.15, -0.1) is 0 Å². The third-order valence-corrected chi connectivity index (χ3v) is 11.9. The van der Waals surface area contributed by atoms with Gasteiger partial charge in [0.05, 0.1) is 0 Å². The van der Waals surface area contributed by atoms with E-state index in [-0.39, 0.29) is 32.5 Å². The molecule has 1 nitrogen and oxygen atoms in total. The van der Waals surface area contributed by atoms with Crippen LogP contribution in [0.25, 0.3) is 0 Å². The Kier molecular flexibility index (Phi) is 5.25. The van der Waals surface area contributed by atoms with E-state index in [1.54, 1.807) is 0 Å². The molecule has 34 heavy (non-hydrogen) atoms. The first-order chi connectivity index (χ1) is 15.3. The Balaban J connectivity index is 1.59. The summed E-state index contributed by atoms with van der Waals surface area (Å²) in [5.74, 6) is 0.295. The first-order valence-electron chi connectivity index (χ1n) is 13.1. The molecule has 0 heterocycles. The van der Waals surface area contributed by atoms with Crippen LogP contribution >= 0.6 is 0 Å². The summed E-state index contributed by atoms with van der Waals surface area (Å²) >= 11 is 0. The van der Waals surface area contributed by atoms with Crippen LogP contribution < -0.4 is 0 Å². The van der Waals surface area contributed by atoms with Crippen molar-refractivity contribution in [2.75, 3.05) is 0 Å². The van der Waals surface area contributed by atoms with E-state index in [2.05, 4.69) is 119 Å². The van der Waals surface area contributed by atoms with Crippen LogP contribution in [-0.2, 0) is 39.3 Å². The van der Waals surface area contributed by atoms with E-state index in [1.165, 1.54) is 22.3 Å². The SMILES string of the molecule is CC1(C)c2ccc(CC(=O)Cc3ccc4c(c3)C(C)(C)C(C)(C)C4(C)C)cc2C(C)(C)C1(C)C. The predicted octanol–water partition coefficient (Wildman–Crippen LogP) is 8.23. The van der Waals surface area contributed by atoms with Crippen molar-refractivity contribution in [3.8, 4) is 0 Å². The monoisotopic (exact) mass is 458 g/mol. The lowest BCUT2D eigenvalue weighted by atomic mass is 9.59. The summed E-state index contributed by atoms with van der Waals surface area (Å²) in [6.45, 7) is 28.4. The van der Waals surface area contributed by atoms with Gasteiger partial charge in [-0.25, -0.2) is 0 Å². The Morgan fingerprint density at radius 3 is 1.12 bits per heavy atom. The second-order valence-corrected chi connectivity index (χ2v) is 14.4. The van der Waals surface area contributed by atoms with Crippen LogP contribution in [0.1, 0.15) is 116 Å². The molecule has 2 aliphatic rings. The molecular weight excluding hydrogens is 412 g/mol. The Morgan fingerprint density at radius 2 is 0.794 bits per heavy atom. The van der Waals surface area contributed by atoms with Gasteiger partial charge in [0.15, 0.2) is 0 Å². The van der Waals surface area contributed by atoms with E-state index in [9.17, 15) is 4.79 Å². The minimum absolute atomic E-state index is 0.0655. The topological polar surface area (TPSA) is 17.1 Å². The van der Waals surface area contributed by atoms with Crippen LogP contribution in [0.4, 0.5) is 0 Å². The smallest absolute Gasteiger partial charge is 0.141 e. The van der Waals surface area contributed by atoms with Gasteiger partial charge in [0, 0.05) is 12.8 Å². The summed E-state index contributed by atoms with van der Waals surface area (Å²) in [7, 11) is 0. The lowest BCUT2D eigenvalue weighted by Crippen LogP contribution is -2.42. The molecule has 0 spiro atoms. The fourth-order valence-corrected chi connectivity index (χ4v) is 6.95. The first-order valence-corrected chi connectivity index (χ1v) is 13.1. The number of carbonyl (C=O) groups excluding carboxylic acids is 1. The van der Waals surface area contributed by atoms with Gasteiger partial charge in [-0.3, -0.25) is 4.79 Å². The molecule has 0 saturated carbocycles.